The van der Waals surface area contributed by atoms with Crippen LogP contribution in [0.25, 0.3) is 11.4 Å². The van der Waals surface area contributed by atoms with E-state index in [2.05, 4.69) is 15.3 Å². The number of hydrogen-bond acceptors (Lipinski definition) is 6. The average Bonchev–Trinajstić information content (AvgIpc) is 3.39. The number of halogens is 1. The summed E-state index contributed by atoms with van der Waals surface area (Å²) in [4.78, 5) is 21.3. The summed E-state index contributed by atoms with van der Waals surface area (Å²) >= 11 is 1.25. The maximum absolute atomic E-state index is 13.1. The SMILES string of the molecule is O=C(Nc1nc(-c2ccccn2)cs1)C1CCCN1S(=O)(=O)c1ccc(F)cc1. The molecule has 1 fully saturated rings. The monoisotopic (exact) mass is 432 g/mol. The fraction of sp³-hybridized carbons (Fsp3) is 0.211. The minimum atomic E-state index is -3.90. The van der Waals surface area contributed by atoms with E-state index in [0.29, 0.717) is 29.4 Å². The van der Waals surface area contributed by atoms with Crippen molar-refractivity contribution < 1.29 is 17.6 Å². The van der Waals surface area contributed by atoms with Crippen molar-refractivity contribution >= 4 is 32.4 Å². The number of rotatable bonds is 5. The van der Waals surface area contributed by atoms with E-state index in [9.17, 15) is 17.6 Å². The number of nitrogens with zero attached hydrogens (tertiary/aromatic N) is 3. The van der Waals surface area contributed by atoms with Crippen molar-refractivity contribution in [3.8, 4) is 11.4 Å². The molecule has 7 nitrogen and oxygen atoms in total. The molecule has 150 valence electrons. The van der Waals surface area contributed by atoms with Gasteiger partial charge in [0.15, 0.2) is 5.13 Å². The molecule has 1 aromatic carbocycles. The van der Waals surface area contributed by atoms with Gasteiger partial charge in [0, 0.05) is 18.1 Å². The third-order valence-corrected chi connectivity index (χ3v) is 7.27. The van der Waals surface area contributed by atoms with Crippen LogP contribution in [0.15, 0.2) is 58.9 Å². The number of nitrogens with one attached hydrogen (secondary N) is 1. The van der Waals surface area contributed by atoms with Crippen molar-refractivity contribution in [2.24, 2.45) is 0 Å². The van der Waals surface area contributed by atoms with Crippen LogP contribution in [0.5, 0.6) is 0 Å². The number of pyridine rings is 1. The van der Waals surface area contributed by atoms with E-state index >= 15 is 0 Å². The first-order chi connectivity index (χ1) is 13.9. The third-order valence-electron chi connectivity index (χ3n) is 4.59. The van der Waals surface area contributed by atoms with Crippen molar-refractivity contribution in [1.29, 1.82) is 0 Å². The zero-order valence-corrected chi connectivity index (χ0v) is 16.8. The molecule has 3 heterocycles. The van der Waals surface area contributed by atoms with E-state index in [1.54, 1.807) is 17.6 Å². The Labute approximate surface area is 171 Å². The van der Waals surface area contributed by atoms with Crippen LogP contribution in [-0.2, 0) is 14.8 Å². The standard InChI is InChI=1S/C19H17FN4O3S2/c20-13-6-8-14(9-7-13)29(26,27)24-11-3-5-17(24)18(25)23-19-22-16(12-28-19)15-4-1-2-10-21-15/h1-2,4,6-10,12,17H,3,5,11H2,(H,22,23,25). The smallest absolute Gasteiger partial charge is 0.244 e. The lowest BCUT2D eigenvalue weighted by Crippen LogP contribution is -2.43. The summed E-state index contributed by atoms with van der Waals surface area (Å²) in [5, 5.41) is 4.87. The lowest BCUT2D eigenvalue weighted by molar-refractivity contribution is -0.119. The molecule has 29 heavy (non-hydrogen) atoms. The van der Waals surface area contributed by atoms with Gasteiger partial charge in [-0.25, -0.2) is 17.8 Å². The zero-order chi connectivity index (χ0) is 20.4. The summed E-state index contributed by atoms with van der Waals surface area (Å²) in [5.74, 6) is -0.956. The number of carbonyl (C=O) groups excluding carboxylic acids is 1. The molecule has 10 heteroatoms. The van der Waals surface area contributed by atoms with E-state index in [-0.39, 0.29) is 11.4 Å². The van der Waals surface area contributed by atoms with Crippen LogP contribution in [-0.4, -0.2) is 41.2 Å². The molecule has 1 aliphatic rings. The fourth-order valence-corrected chi connectivity index (χ4v) is 5.55. The number of thiazole rings is 1. The summed E-state index contributed by atoms with van der Waals surface area (Å²) in [6, 6.07) is 9.21. The Balaban J connectivity index is 1.51. The predicted octanol–water partition coefficient (Wildman–Crippen LogP) is 3.14. The van der Waals surface area contributed by atoms with Crippen LogP contribution in [0.2, 0.25) is 0 Å². The number of hydrogen-bond donors (Lipinski definition) is 1. The highest BCUT2D eigenvalue weighted by molar-refractivity contribution is 7.89. The van der Waals surface area contributed by atoms with Crippen LogP contribution in [0.3, 0.4) is 0 Å². The summed E-state index contributed by atoms with van der Waals surface area (Å²) < 4.78 is 40.1. The molecule has 3 aromatic rings. The fourth-order valence-electron chi connectivity index (χ4n) is 3.18. The highest BCUT2D eigenvalue weighted by Crippen LogP contribution is 2.28. The van der Waals surface area contributed by atoms with Gasteiger partial charge in [0.25, 0.3) is 0 Å². The Kier molecular flexibility index (Phi) is 5.39. The highest BCUT2D eigenvalue weighted by Gasteiger charge is 2.39. The number of aromatic nitrogens is 2. The van der Waals surface area contributed by atoms with Crippen molar-refractivity contribution in [3.63, 3.8) is 0 Å². The summed E-state index contributed by atoms with van der Waals surface area (Å²) in [6.07, 6.45) is 2.63. The highest BCUT2D eigenvalue weighted by atomic mass is 32.2. The molecule has 0 spiro atoms. The second-order valence-corrected chi connectivity index (χ2v) is 9.22. The largest absolute Gasteiger partial charge is 0.301 e. The zero-order valence-electron chi connectivity index (χ0n) is 15.2. The first kappa shape index (κ1) is 19.6. The Morgan fingerprint density at radius 2 is 1.97 bits per heavy atom. The summed E-state index contributed by atoms with van der Waals surface area (Å²) in [5.41, 5.74) is 1.32. The van der Waals surface area contributed by atoms with Gasteiger partial charge in [0.1, 0.15) is 17.6 Å². The molecule has 2 aromatic heterocycles. The van der Waals surface area contributed by atoms with Gasteiger partial charge in [0.05, 0.1) is 10.6 Å². The lowest BCUT2D eigenvalue weighted by atomic mass is 10.2. The average molecular weight is 433 g/mol. The van der Waals surface area contributed by atoms with Crippen molar-refractivity contribution in [1.82, 2.24) is 14.3 Å². The van der Waals surface area contributed by atoms with Gasteiger partial charge in [-0.05, 0) is 49.2 Å². The molecule has 1 unspecified atom stereocenters. The van der Waals surface area contributed by atoms with E-state index in [0.717, 1.165) is 12.1 Å². The minimum absolute atomic E-state index is 0.0368. The second-order valence-electron chi connectivity index (χ2n) is 6.47. The van der Waals surface area contributed by atoms with Crippen molar-refractivity contribution in [3.05, 3.63) is 59.9 Å². The Morgan fingerprint density at radius 1 is 1.17 bits per heavy atom. The number of sulfonamides is 1. The molecule has 1 aliphatic heterocycles. The van der Waals surface area contributed by atoms with Gasteiger partial charge in [-0.2, -0.15) is 4.31 Å². The molecule has 1 N–H and O–H groups in total. The molecular weight excluding hydrogens is 415 g/mol. The predicted molar refractivity (Wildman–Crippen MR) is 107 cm³/mol. The number of amides is 1. The van der Waals surface area contributed by atoms with Crippen LogP contribution >= 0.6 is 11.3 Å². The molecular formula is C19H17FN4O3S2. The lowest BCUT2D eigenvalue weighted by Gasteiger charge is -2.23. The molecule has 1 atom stereocenters. The van der Waals surface area contributed by atoms with Crippen LogP contribution in [0.4, 0.5) is 9.52 Å². The third kappa shape index (κ3) is 4.04. The second kappa shape index (κ2) is 7.97. The minimum Gasteiger partial charge on any atom is -0.301 e. The van der Waals surface area contributed by atoms with Gasteiger partial charge in [-0.15, -0.1) is 11.3 Å². The van der Waals surface area contributed by atoms with Crippen molar-refractivity contribution in [2.45, 2.75) is 23.8 Å². The summed E-state index contributed by atoms with van der Waals surface area (Å²) in [7, 11) is -3.90. The molecule has 0 bridgehead atoms. The first-order valence-corrected chi connectivity index (χ1v) is 11.2. The van der Waals surface area contributed by atoms with Crippen molar-refractivity contribution in [2.75, 3.05) is 11.9 Å². The Morgan fingerprint density at radius 3 is 2.69 bits per heavy atom. The van der Waals surface area contributed by atoms with Gasteiger partial charge < -0.3 is 5.32 Å². The van der Waals surface area contributed by atoms with Gasteiger partial charge in [-0.1, -0.05) is 6.07 Å². The molecule has 0 saturated carbocycles. The maximum Gasteiger partial charge on any atom is 0.244 e. The molecule has 4 rings (SSSR count). The van der Waals surface area contributed by atoms with E-state index in [4.69, 9.17) is 0 Å². The molecule has 1 amide bonds. The number of benzene rings is 1. The topological polar surface area (TPSA) is 92.3 Å². The number of carbonyl (C=O) groups is 1. The van der Waals surface area contributed by atoms with Crippen LogP contribution < -0.4 is 5.32 Å². The van der Waals surface area contributed by atoms with E-state index in [1.165, 1.54) is 27.8 Å². The van der Waals surface area contributed by atoms with Crippen LogP contribution in [0, 0.1) is 5.82 Å². The van der Waals surface area contributed by atoms with Gasteiger partial charge >= 0.3 is 0 Å². The quantitative estimate of drug-likeness (QED) is 0.669. The Hall–Kier alpha value is -2.69. The normalized spacial score (nSPS) is 17.3. The molecule has 0 radical (unpaired) electrons. The Bertz CT molecular complexity index is 1120. The molecule has 0 aliphatic carbocycles. The van der Waals surface area contributed by atoms with E-state index < -0.39 is 27.8 Å². The van der Waals surface area contributed by atoms with Gasteiger partial charge in [0.2, 0.25) is 15.9 Å². The van der Waals surface area contributed by atoms with E-state index in [1.807, 2.05) is 12.1 Å². The van der Waals surface area contributed by atoms with Gasteiger partial charge in [-0.3, -0.25) is 9.78 Å². The maximum atomic E-state index is 13.1. The van der Waals surface area contributed by atoms with Crippen LogP contribution in [0.1, 0.15) is 12.8 Å². The number of anilines is 1. The summed E-state index contributed by atoms with van der Waals surface area (Å²) in [6.45, 7) is 0.231. The first-order valence-electron chi connectivity index (χ1n) is 8.90. The molecule has 1 saturated heterocycles.